The minimum Gasteiger partial charge on any atom is -0.494 e. The zero-order valence-corrected chi connectivity index (χ0v) is 11.9. The predicted octanol–water partition coefficient (Wildman–Crippen LogP) is 3.38. The maximum absolute atomic E-state index is 13.6. The lowest BCUT2D eigenvalue weighted by Crippen LogP contribution is -2.15. The van der Waals surface area contributed by atoms with E-state index >= 15 is 0 Å². The largest absolute Gasteiger partial charge is 0.494 e. The third kappa shape index (κ3) is 2.93. The van der Waals surface area contributed by atoms with Gasteiger partial charge in [-0.15, -0.1) is 0 Å². The van der Waals surface area contributed by atoms with Crippen molar-refractivity contribution in [2.24, 2.45) is 0 Å². The summed E-state index contributed by atoms with van der Waals surface area (Å²) in [6, 6.07) is 3.51. The number of ether oxygens (including phenoxy) is 1. The molecule has 2 rings (SSSR count). The molecular weight excluding hydrogens is 334 g/mol. The van der Waals surface area contributed by atoms with Crippen LogP contribution < -0.4 is 10.1 Å². The second-order valence-electron chi connectivity index (χ2n) is 3.77. The summed E-state index contributed by atoms with van der Waals surface area (Å²) >= 11 is 2.96. The zero-order valence-electron chi connectivity index (χ0n) is 10.3. The van der Waals surface area contributed by atoms with E-state index in [2.05, 4.69) is 26.2 Å². The lowest BCUT2D eigenvalue weighted by Gasteiger charge is -2.10. The van der Waals surface area contributed by atoms with Gasteiger partial charge in [-0.2, -0.15) is 0 Å². The molecule has 0 saturated heterocycles. The van der Waals surface area contributed by atoms with E-state index in [1.165, 1.54) is 25.6 Å². The number of hydrogen-bond acceptors (Lipinski definition) is 3. The number of aromatic nitrogens is 1. The van der Waals surface area contributed by atoms with E-state index in [0.29, 0.717) is 0 Å². The topological polar surface area (TPSA) is 51.2 Å². The Bertz CT molecular complexity index is 642. The van der Waals surface area contributed by atoms with Gasteiger partial charge in [-0.25, -0.2) is 8.78 Å². The standard InChI is InChI=1S/C13H9BrF2N2O2/c1-20-11-6-17-3-2-8(11)13(19)18-12-9(15)4-7(14)5-10(12)16/h2-6H,1H3,(H,18,19). The second-order valence-corrected chi connectivity index (χ2v) is 4.69. The number of halogens is 3. The highest BCUT2D eigenvalue weighted by Crippen LogP contribution is 2.25. The predicted molar refractivity (Wildman–Crippen MR) is 72.8 cm³/mol. The SMILES string of the molecule is COc1cnccc1C(=O)Nc1c(F)cc(Br)cc1F. The molecule has 0 atom stereocenters. The molecule has 20 heavy (non-hydrogen) atoms. The van der Waals surface area contributed by atoms with Crippen LogP contribution >= 0.6 is 15.9 Å². The molecule has 0 bridgehead atoms. The molecule has 7 heteroatoms. The zero-order chi connectivity index (χ0) is 14.7. The van der Waals surface area contributed by atoms with E-state index in [1.807, 2.05) is 0 Å². The monoisotopic (exact) mass is 342 g/mol. The van der Waals surface area contributed by atoms with Crippen LogP contribution in [0.4, 0.5) is 14.5 Å². The number of pyridine rings is 1. The number of amides is 1. The highest BCUT2D eigenvalue weighted by Gasteiger charge is 2.17. The summed E-state index contributed by atoms with van der Waals surface area (Å²) in [4.78, 5) is 15.8. The van der Waals surface area contributed by atoms with Gasteiger partial charge in [0.1, 0.15) is 11.4 Å². The number of benzene rings is 1. The molecule has 0 radical (unpaired) electrons. The smallest absolute Gasteiger partial charge is 0.259 e. The van der Waals surface area contributed by atoms with Gasteiger partial charge in [0.05, 0.1) is 18.9 Å². The highest BCUT2D eigenvalue weighted by molar-refractivity contribution is 9.10. The molecule has 4 nitrogen and oxygen atoms in total. The van der Waals surface area contributed by atoms with Crippen LogP contribution in [0.2, 0.25) is 0 Å². The lowest BCUT2D eigenvalue weighted by atomic mass is 10.2. The van der Waals surface area contributed by atoms with Crippen molar-refractivity contribution in [1.29, 1.82) is 0 Å². The van der Waals surface area contributed by atoms with Gasteiger partial charge in [-0.05, 0) is 18.2 Å². The van der Waals surface area contributed by atoms with Crippen LogP contribution in [0.15, 0.2) is 35.1 Å². The summed E-state index contributed by atoms with van der Waals surface area (Å²) in [6.45, 7) is 0. The molecule has 104 valence electrons. The molecule has 2 aromatic rings. The van der Waals surface area contributed by atoms with Crippen molar-refractivity contribution >= 4 is 27.5 Å². The van der Waals surface area contributed by atoms with Crippen molar-refractivity contribution in [2.45, 2.75) is 0 Å². The Morgan fingerprint density at radius 1 is 1.35 bits per heavy atom. The first-order valence-corrected chi connectivity index (χ1v) is 6.26. The van der Waals surface area contributed by atoms with Crippen LogP contribution in [-0.4, -0.2) is 18.0 Å². The maximum Gasteiger partial charge on any atom is 0.259 e. The Morgan fingerprint density at radius 3 is 2.60 bits per heavy atom. The molecule has 1 heterocycles. The summed E-state index contributed by atoms with van der Waals surface area (Å²) in [6.07, 6.45) is 2.72. The van der Waals surface area contributed by atoms with E-state index in [9.17, 15) is 13.6 Å². The summed E-state index contributed by atoms with van der Waals surface area (Å²) in [5.41, 5.74) is -0.388. The molecule has 1 amide bonds. The highest BCUT2D eigenvalue weighted by atomic mass is 79.9. The summed E-state index contributed by atoms with van der Waals surface area (Å²) < 4.78 is 32.5. The van der Waals surface area contributed by atoms with Gasteiger partial charge < -0.3 is 10.1 Å². The van der Waals surface area contributed by atoms with Crippen LogP contribution in [0.5, 0.6) is 5.75 Å². The van der Waals surface area contributed by atoms with Gasteiger partial charge in [-0.1, -0.05) is 15.9 Å². The fourth-order valence-corrected chi connectivity index (χ4v) is 1.97. The quantitative estimate of drug-likeness (QED) is 0.930. The van der Waals surface area contributed by atoms with Crippen molar-refractivity contribution in [3.63, 3.8) is 0 Å². The third-order valence-electron chi connectivity index (χ3n) is 2.49. The van der Waals surface area contributed by atoms with Crippen LogP contribution in [0, 0.1) is 11.6 Å². The van der Waals surface area contributed by atoms with Crippen LogP contribution in [-0.2, 0) is 0 Å². The minimum absolute atomic E-state index is 0.129. The van der Waals surface area contributed by atoms with Crippen LogP contribution in [0.1, 0.15) is 10.4 Å². The Kier molecular flexibility index (Phi) is 4.29. The fraction of sp³-hybridized carbons (Fsp3) is 0.0769. The third-order valence-corrected chi connectivity index (χ3v) is 2.95. The van der Waals surface area contributed by atoms with E-state index in [0.717, 1.165) is 12.1 Å². The molecule has 0 fully saturated rings. The first kappa shape index (κ1) is 14.4. The average molecular weight is 343 g/mol. The van der Waals surface area contributed by atoms with Crippen molar-refractivity contribution in [3.05, 3.63) is 52.3 Å². The van der Waals surface area contributed by atoms with Crippen LogP contribution in [0.25, 0.3) is 0 Å². The number of rotatable bonds is 3. The molecule has 1 aromatic carbocycles. The number of anilines is 1. The van der Waals surface area contributed by atoms with E-state index in [-0.39, 0.29) is 15.8 Å². The minimum atomic E-state index is -0.877. The van der Waals surface area contributed by atoms with Crippen molar-refractivity contribution < 1.29 is 18.3 Å². The molecule has 0 aliphatic rings. The summed E-state index contributed by atoms with van der Waals surface area (Å²) in [7, 11) is 1.37. The first-order chi connectivity index (χ1) is 9.52. The molecule has 0 saturated carbocycles. The fourth-order valence-electron chi connectivity index (χ4n) is 1.57. The molecule has 0 unspecified atom stereocenters. The average Bonchev–Trinajstić information content (AvgIpc) is 2.42. The van der Waals surface area contributed by atoms with E-state index in [4.69, 9.17) is 4.74 Å². The van der Waals surface area contributed by atoms with Gasteiger partial charge >= 0.3 is 0 Å². The summed E-state index contributed by atoms with van der Waals surface area (Å²) in [5.74, 6) is -2.23. The Morgan fingerprint density at radius 2 is 2.00 bits per heavy atom. The maximum atomic E-state index is 13.6. The normalized spacial score (nSPS) is 10.2. The van der Waals surface area contributed by atoms with Gasteiger partial charge in [-0.3, -0.25) is 9.78 Å². The van der Waals surface area contributed by atoms with Crippen molar-refractivity contribution in [3.8, 4) is 5.75 Å². The number of carbonyl (C=O) groups excluding carboxylic acids is 1. The molecule has 1 aromatic heterocycles. The molecule has 0 spiro atoms. The summed E-state index contributed by atoms with van der Waals surface area (Å²) in [5, 5.41) is 2.18. The Hall–Kier alpha value is -2.02. The van der Waals surface area contributed by atoms with Gasteiger partial charge in [0.25, 0.3) is 5.91 Å². The van der Waals surface area contributed by atoms with Crippen molar-refractivity contribution in [1.82, 2.24) is 4.98 Å². The Labute approximate surface area is 121 Å². The van der Waals surface area contributed by atoms with Gasteiger partial charge in [0.2, 0.25) is 0 Å². The number of methoxy groups -OCH3 is 1. The van der Waals surface area contributed by atoms with Crippen molar-refractivity contribution in [2.75, 3.05) is 12.4 Å². The molecule has 0 aliphatic carbocycles. The lowest BCUT2D eigenvalue weighted by molar-refractivity contribution is 0.102. The first-order valence-electron chi connectivity index (χ1n) is 5.47. The van der Waals surface area contributed by atoms with Gasteiger partial charge in [0, 0.05) is 10.7 Å². The molecule has 1 N–H and O–H groups in total. The molecule has 0 aliphatic heterocycles. The van der Waals surface area contributed by atoms with Crippen LogP contribution in [0.3, 0.4) is 0 Å². The Balaban J connectivity index is 2.33. The van der Waals surface area contributed by atoms with E-state index < -0.39 is 23.2 Å². The van der Waals surface area contributed by atoms with E-state index in [1.54, 1.807) is 0 Å². The molecular formula is C13H9BrF2N2O2. The van der Waals surface area contributed by atoms with Gasteiger partial charge in [0.15, 0.2) is 11.6 Å². The number of nitrogens with one attached hydrogen (secondary N) is 1. The number of carbonyl (C=O) groups is 1. The number of hydrogen-bond donors (Lipinski definition) is 1. The second kappa shape index (κ2) is 5.96. The number of nitrogens with zero attached hydrogens (tertiary/aromatic N) is 1.